The van der Waals surface area contributed by atoms with E-state index in [1.165, 1.54) is 12.8 Å². The fraction of sp³-hybridized carbons (Fsp3) is 0.625. The monoisotopic (exact) mass is 307 g/mol. The number of furan rings is 1. The summed E-state index contributed by atoms with van der Waals surface area (Å²) in [4.78, 5) is 25.4. The van der Waals surface area contributed by atoms with Crippen LogP contribution in [0.25, 0.3) is 0 Å². The van der Waals surface area contributed by atoms with E-state index in [-0.39, 0.29) is 18.0 Å². The van der Waals surface area contributed by atoms with Crippen molar-refractivity contribution in [1.82, 2.24) is 15.5 Å². The number of carbonyl (C=O) groups is 2. The molecule has 3 amide bonds. The first kappa shape index (κ1) is 16.4. The summed E-state index contributed by atoms with van der Waals surface area (Å²) in [5.74, 6) is 0.741. The Labute approximate surface area is 131 Å². The third-order valence-electron chi connectivity index (χ3n) is 4.20. The van der Waals surface area contributed by atoms with Crippen LogP contribution in [-0.2, 0) is 4.79 Å². The summed E-state index contributed by atoms with van der Waals surface area (Å²) in [6.45, 7) is 2.23. The van der Waals surface area contributed by atoms with Crippen molar-refractivity contribution in [1.29, 1.82) is 0 Å². The van der Waals surface area contributed by atoms with Crippen LogP contribution in [0.5, 0.6) is 0 Å². The smallest absolute Gasteiger partial charge is 0.317 e. The van der Waals surface area contributed by atoms with Crippen LogP contribution in [0.1, 0.15) is 50.8 Å². The highest BCUT2D eigenvalue weighted by Crippen LogP contribution is 2.19. The Morgan fingerprint density at radius 1 is 1.41 bits per heavy atom. The van der Waals surface area contributed by atoms with Crippen LogP contribution >= 0.6 is 0 Å². The van der Waals surface area contributed by atoms with Crippen LogP contribution in [0, 0.1) is 0 Å². The van der Waals surface area contributed by atoms with Crippen molar-refractivity contribution in [3.8, 4) is 0 Å². The topological polar surface area (TPSA) is 74.6 Å². The molecule has 2 N–H and O–H groups in total. The first-order valence-electron chi connectivity index (χ1n) is 7.91. The Hall–Kier alpha value is -1.98. The van der Waals surface area contributed by atoms with Crippen LogP contribution < -0.4 is 10.6 Å². The van der Waals surface area contributed by atoms with Crippen molar-refractivity contribution in [3.63, 3.8) is 0 Å². The highest BCUT2D eigenvalue weighted by atomic mass is 16.3. The number of hydrogen-bond donors (Lipinski definition) is 2. The van der Waals surface area contributed by atoms with E-state index in [9.17, 15) is 9.59 Å². The van der Waals surface area contributed by atoms with Crippen LogP contribution in [0.2, 0.25) is 0 Å². The quantitative estimate of drug-likeness (QED) is 0.847. The third kappa shape index (κ3) is 4.51. The minimum atomic E-state index is -0.211. The number of amides is 3. The van der Waals surface area contributed by atoms with Gasteiger partial charge in [0.2, 0.25) is 5.91 Å². The number of nitrogens with one attached hydrogen (secondary N) is 2. The van der Waals surface area contributed by atoms with Gasteiger partial charge in [-0.25, -0.2) is 4.79 Å². The highest BCUT2D eigenvalue weighted by Gasteiger charge is 2.20. The van der Waals surface area contributed by atoms with Gasteiger partial charge in [-0.15, -0.1) is 0 Å². The molecule has 122 valence electrons. The summed E-state index contributed by atoms with van der Waals surface area (Å²) in [7, 11) is 1.71. The lowest BCUT2D eigenvalue weighted by Gasteiger charge is -2.23. The molecule has 6 heteroatoms. The fourth-order valence-corrected chi connectivity index (χ4v) is 2.67. The lowest BCUT2D eigenvalue weighted by molar-refractivity contribution is -0.121. The zero-order valence-corrected chi connectivity index (χ0v) is 13.3. The third-order valence-corrected chi connectivity index (χ3v) is 4.20. The van der Waals surface area contributed by atoms with Gasteiger partial charge in [0.25, 0.3) is 0 Å². The van der Waals surface area contributed by atoms with Gasteiger partial charge in [0.1, 0.15) is 5.76 Å². The van der Waals surface area contributed by atoms with Gasteiger partial charge in [-0.3, -0.25) is 4.79 Å². The normalized spacial score (nSPS) is 16.3. The zero-order valence-electron chi connectivity index (χ0n) is 13.3. The van der Waals surface area contributed by atoms with Crippen molar-refractivity contribution < 1.29 is 14.0 Å². The van der Waals surface area contributed by atoms with Crippen molar-refractivity contribution >= 4 is 11.9 Å². The van der Waals surface area contributed by atoms with Gasteiger partial charge in [0.15, 0.2) is 0 Å². The molecule has 1 unspecified atom stereocenters. The first-order valence-corrected chi connectivity index (χ1v) is 7.91. The maximum atomic E-state index is 12.0. The molecule has 0 aromatic carbocycles. The number of nitrogens with zero attached hydrogens (tertiary/aromatic N) is 1. The number of rotatable bonds is 6. The maximum Gasteiger partial charge on any atom is 0.317 e. The molecule has 1 aromatic heterocycles. The standard InChI is InChI=1S/C16H25N3O3/c1-12(14-8-5-11-22-14)19(2)16(21)17-10-9-15(20)18-13-6-3-4-7-13/h5,8,11-13H,3-4,6-7,9-10H2,1-2H3,(H,17,21)(H,18,20). The van der Waals surface area contributed by atoms with E-state index in [4.69, 9.17) is 4.42 Å². The number of carbonyl (C=O) groups excluding carboxylic acids is 2. The van der Waals surface area contributed by atoms with Crippen molar-refractivity contribution in [3.05, 3.63) is 24.2 Å². The minimum Gasteiger partial charge on any atom is -0.467 e. The fourth-order valence-electron chi connectivity index (χ4n) is 2.67. The molecular formula is C16H25N3O3. The molecule has 0 radical (unpaired) electrons. The van der Waals surface area contributed by atoms with Crippen molar-refractivity contribution in [2.45, 2.75) is 51.1 Å². The molecule has 1 aliphatic carbocycles. The van der Waals surface area contributed by atoms with Gasteiger partial charge < -0.3 is 20.0 Å². The van der Waals surface area contributed by atoms with E-state index in [0.717, 1.165) is 18.6 Å². The summed E-state index contributed by atoms with van der Waals surface area (Å²) < 4.78 is 5.30. The molecule has 22 heavy (non-hydrogen) atoms. The largest absolute Gasteiger partial charge is 0.467 e. The van der Waals surface area contributed by atoms with E-state index in [2.05, 4.69) is 10.6 Å². The molecule has 1 aliphatic rings. The summed E-state index contributed by atoms with van der Waals surface area (Å²) in [5.41, 5.74) is 0. The van der Waals surface area contributed by atoms with Gasteiger partial charge in [-0.05, 0) is 31.9 Å². The van der Waals surface area contributed by atoms with Crippen molar-refractivity contribution in [2.24, 2.45) is 0 Å². The van der Waals surface area contributed by atoms with Crippen LogP contribution in [-0.4, -0.2) is 36.5 Å². The summed E-state index contributed by atoms with van der Waals surface area (Å²) in [6, 6.07) is 3.60. The molecule has 0 saturated heterocycles. The average molecular weight is 307 g/mol. The van der Waals surface area contributed by atoms with E-state index in [1.807, 2.05) is 13.0 Å². The van der Waals surface area contributed by atoms with Crippen LogP contribution in [0.4, 0.5) is 4.79 Å². The minimum absolute atomic E-state index is 0.00827. The molecule has 0 spiro atoms. The molecular weight excluding hydrogens is 282 g/mol. The summed E-state index contributed by atoms with van der Waals surface area (Å²) >= 11 is 0. The second-order valence-corrected chi connectivity index (χ2v) is 5.83. The molecule has 2 rings (SSSR count). The predicted octanol–water partition coefficient (Wildman–Crippen LogP) is 2.43. The summed E-state index contributed by atoms with van der Waals surface area (Å²) in [6.07, 6.45) is 6.42. The van der Waals surface area contributed by atoms with E-state index < -0.39 is 0 Å². The molecule has 0 aliphatic heterocycles. The molecule has 0 bridgehead atoms. The Kier molecular flexibility index (Phi) is 5.86. The van der Waals surface area contributed by atoms with Crippen LogP contribution in [0.15, 0.2) is 22.8 Å². The van der Waals surface area contributed by atoms with Gasteiger partial charge in [-0.2, -0.15) is 0 Å². The van der Waals surface area contributed by atoms with E-state index in [0.29, 0.717) is 19.0 Å². The molecule has 1 fully saturated rings. The highest BCUT2D eigenvalue weighted by molar-refractivity contribution is 5.78. The second-order valence-electron chi connectivity index (χ2n) is 5.83. The second kappa shape index (κ2) is 7.87. The molecule has 1 heterocycles. The SMILES string of the molecule is CC(c1ccco1)N(C)C(=O)NCCC(=O)NC1CCCC1. The molecule has 1 aromatic rings. The number of hydrogen-bond acceptors (Lipinski definition) is 3. The number of urea groups is 1. The average Bonchev–Trinajstić information content (AvgIpc) is 3.18. The van der Waals surface area contributed by atoms with Gasteiger partial charge >= 0.3 is 6.03 Å². The Bertz CT molecular complexity index is 481. The van der Waals surface area contributed by atoms with Gasteiger partial charge in [0, 0.05) is 26.1 Å². The van der Waals surface area contributed by atoms with Crippen LogP contribution in [0.3, 0.4) is 0 Å². The molecule has 1 saturated carbocycles. The van der Waals surface area contributed by atoms with Crippen molar-refractivity contribution in [2.75, 3.05) is 13.6 Å². The maximum absolute atomic E-state index is 12.0. The Morgan fingerprint density at radius 3 is 2.77 bits per heavy atom. The lowest BCUT2D eigenvalue weighted by Crippen LogP contribution is -2.41. The lowest BCUT2D eigenvalue weighted by atomic mass is 10.2. The summed E-state index contributed by atoms with van der Waals surface area (Å²) in [5, 5.41) is 5.77. The van der Waals surface area contributed by atoms with E-state index >= 15 is 0 Å². The molecule has 6 nitrogen and oxygen atoms in total. The van der Waals surface area contributed by atoms with Gasteiger partial charge in [0.05, 0.1) is 12.3 Å². The first-order chi connectivity index (χ1) is 10.6. The molecule has 1 atom stereocenters. The van der Waals surface area contributed by atoms with E-state index in [1.54, 1.807) is 24.3 Å². The Balaban J connectivity index is 1.67. The zero-order chi connectivity index (χ0) is 15.9. The van der Waals surface area contributed by atoms with Gasteiger partial charge in [-0.1, -0.05) is 12.8 Å². The Morgan fingerprint density at radius 2 is 2.14 bits per heavy atom. The predicted molar refractivity (Wildman–Crippen MR) is 83.3 cm³/mol.